The van der Waals surface area contributed by atoms with Crippen molar-refractivity contribution >= 4 is 21.5 Å². The molecule has 0 aliphatic carbocycles. The van der Waals surface area contributed by atoms with E-state index in [-0.39, 0.29) is 5.92 Å². The van der Waals surface area contributed by atoms with Gasteiger partial charge in [0.15, 0.2) is 0 Å². The summed E-state index contributed by atoms with van der Waals surface area (Å²) in [6, 6.07) is 19.6. The lowest BCUT2D eigenvalue weighted by atomic mass is 9.89. The first-order chi connectivity index (χ1) is 13.0. The van der Waals surface area contributed by atoms with E-state index < -0.39 is 0 Å². The first-order valence-electron chi connectivity index (χ1n) is 9.76. The molecule has 0 amide bonds. The van der Waals surface area contributed by atoms with Crippen LogP contribution < -0.4 is 5.73 Å². The Kier molecular flexibility index (Phi) is 5.81. The van der Waals surface area contributed by atoms with Crippen LogP contribution in [0.4, 0.5) is 0 Å². The van der Waals surface area contributed by atoms with Gasteiger partial charge in [-0.15, -0.1) is 0 Å². The summed E-state index contributed by atoms with van der Waals surface area (Å²) in [5, 5.41) is 5.19. The van der Waals surface area contributed by atoms with Gasteiger partial charge in [0.25, 0.3) is 0 Å². The molecule has 0 aromatic heterocycles. The molecule has 0 saturated carbocycles. The van der Waals surface area contributed by atoms with E-state index in [1.165, 1.54) is 38.3 Å². The van der Waals surface area contributed by atoms with Crippen molar-refractivity contribution in [1.29, 1.82) is 0 Å². The number of benzene rings is 3. The monoisotopic (exact) mass is 355 g/mol. The first-order valence-corrected chi connectivity index (χ1v) is 9.76. The molecule has 1 atom stereocenters. The second-order valence-electron chi connectivity index (χ2n) is 7.20. The molecular formula is C26H29N. The molecule has 1 nitrogen and oxygen atoms in total. The van der Waals surface area contributed by atoms with Crippen LogP contribution in [0.3, 0.4) is 0 Å². The second kappa shape index (κ2) is 8.26. The summed E-state index contributed by atoms with van der Waals surface area (Å²) in [5.74, 6) is 0.236. The minimum atomic E-state index is 0.236. The highest BCUT2D eigenvalue weighted by Crippen LogP contribution is 2.33. The Bertz CT molecular complexity index is 1050. The summed E-state index contributed by atoms with van der Waals surface area (Å²) >= 11 is 0. The van der Waals surface area contributed by atoms with Gasteiger partial charge >= 0.3 is 0 Å². The molecule has 0 heterocycles. The molecule has 3 aromatic carbocycles. The molecule has 0 bridgehead atoms. The van der Waals surface area contributed by atoms with Crippen LogP contribution in [-0.4, -0.2) is 0 Å². The summed E-state index contributed by atoms with van der Waals surface area (Å²) < 4.78 is 0. The summed E-state index contributed by atoms with van der Waals surface area (Å²) in [7, 11) is 0. The topological polar surface area (TPSA) is 26.0 Å². The number of hydrogen-bond acceptors (Lipinski definition) is 1. The molecule has 2 N–H and O–H groups in total. The fraction of sp³-hybridized carbons (Fsp3) is 0.231. The lowest BCUT2D eigenvalue weighted by Gasteiger charge is -2.16. The predicted molar refractivity (Wildman–Crippen MR) is 120 cm³/mol. The molecule has 0 aliphatic heterocycles. The van der Waals surface area contributed by atoms with E-state index in [1.807, 2.05) is 0 Å². The van der Waals surface area contributed by atoms with Crippen molar-refractivity contribution in [2.75, 3.05) is 0 Å². The van der Waals surface area contributed by atoms with Crippen molar-refractivity contribution in [2.24, 2.45) is 5.73 Å². The number of rotatable bonds is 5. The molecule has 0 spiro atoms. The van der Waals surface area contributed by atoms with Gasteiger partial charge in [0.05, 0.1) is 0 Å². The average Bonchev–Trinajstić information content (AvgIpc) is 2.70. The third kappa shape index (κ3) is 3.98. The van der Waals surface area contributed by atoms with Gasteiger partial charge < -0.3 is 5.73 Å². The molecule has 1 heteroatoms. The lowest BCUT2D eigenvalue weighted by molar-refractivity contribution is 0.952. The van der Waals surface area contributed by atoms with Gasteiger partial charge in [-0.1, -0.05) is 86.2 Å². The third-order valence-electron chi connectivity index (χ3n) is 5.33. The second-order valence-corrected chi connectivity index (χ2v) is 7.20. The van der Waals surface area contributed by atoms with Crippen molar-refractivity contribution in [3.63, 3.8) is 0 Å². The van der Waals surface area contributed by atoms with Crippen molar-refractivity contribution in [2.45, 2.75) is 40.0 Å². The van der Waals surface area contributed by atoms with Gasteiger partial charge in [0, 0.05) is 11.6 Å². The maximum absolute atomic E-state index is 6.49. The SMILES string of the molecule is C/C=C(C)/C=C(CC)/C(N)=C/C(C)c1cc2ccccc2c2ccccc12. The molecule has 0 fully saturated rings. The Balaban J connectivity index is 2.12. The zero-order valence-corrected chi connectivity index (χ0v) is 16.8. The Morgan fingerprint density at radius 3 is 2.30 bits per heavy atom. The van der Waals surface area contributed by atoms with E-state index in [0.717, 1.165) is 12.1 Å². The zero-order valence-electron chi connectivity index (χ0n) is 16.8. The standard InChI is InChI=1S/C26H29N/c1-5-18(3)15-20(6-2)26(27)16-19(4)25-17-21-11-7-8-12-22(21)23-13-9-10-14-24(23)25/h5,7-17,19H,6,27H2,1-4H3/b18-5+,20-15+,26-16-. The molecule has 3 rings (SSSR count). The van der Waals surface area contributed by atoms with Gasteiger partial charge in [0.2, 0.25) is 0 Å². The molecule has 138 valence electrons. The normalized spacial score (nSPS) is 14.7. The van der Waals surface area contributed by atoms with Crippen molar-refractivity contribution in [3.05, 3.63) is 95.2 Å². The van der Waals surface area contributed by atoms with Gasteiger partial charge in [-0.2, -0.15) is 0 Å². The highest BCUT2D eigenvalue weighted by Gasteiger charge is 2.12. The predicted octanol–water partition coefficient (Wildman–Crippen LogP) is 7.24. The first kappa shape index (κ1) is 19.0. The van der Waals surface area contributed by atoms with Crippen LogP contribution in [0, 0.1) is 0 Å². The average molecular weight is 356 g/mol. The molecule has 1 unspecified atom stereocenters. The molecule has 27 heavy (non-hydrogen) atoms. The quantitative estimate of drug-likeness (QED) is 0.379. The smallest absolute Gasteiger partial charge is 0.0312 e. The van der Waals surface area contributed by atoms with Crippen molar-refractivity contribution in [1.82, 2.24) is 0 Å². The molecule has 3 aromatic rings. The number of hydrogen-bond donors (Lipinski definition) is 1. The largest absolute Gasteiger partial charge is 0.399 e. The Hall–Kier alpha value is -2.80. The van der Waals surface area contributed by atoms with Crippen LogP contribution in [0.1, 0.15) is 45.6 Å². The van der Waals surface area contributed by atoms with Crippen molar-refractivity contribution < 1.29 is 0 Å². The van der Waals surface area contributed by atoms with Gasteiger partial charge in [0.1, 0.15) is 0 Å². The van der Waals surface area contributed by atoms with Gasteiger partial charge in [-0.05, 0) is 59.0 Å². The summed E-state index contributed by atoms with van der Waals surface area (Å²) in [6.07, 6.45) is 7.44. The molecular weight excluding hydrogens is 326 g/mol. The lowest BCUT2D eigenvalue weighted by Crippen LogP contribution is -2.04. The van der Waals surface area contributed by atoms with E-state index in [9.17, 15) is 0 Å². The van der Waals surface area contributed by atoms with Gasteiger partial charge in [-0.3, -0.25) is 0 Å². The summed E-state index contributed by atoms with van der Waals surface area (Å²) in [6.45, 7) is 8.57. The maximum atomic E-state index is 6.49. The molecule has 0 aliphatic rings. The highest BCUT2D eigenvalue weighted by molar-refractivity contribution is 6.09. The number of nitrogens with two attached hydrogens (primary N) is 1. The minimum Gasteiger partial charge on any atom is -0.399 e. The summed E-state index contributed by atoms with van der Waals surface area (Å²) in [5.41, 5.74) is 11.1. The Labute approximate surface area is 162 Å². The van der Waals surface area contributed by atoms with Crippen LogP contribution in [0.25, 0.3) is 21.5 Å². The fourth-order valence-corrected chi connectivity index (χ4v) is 3.67. The molecule has 0 radical (unpaired) electrons. The minimum absolute atomic E-state index is 0.236. The van der Waals surface area contributed by atoms with E-state index in [2.05, 4.69) is 101 Å². The number of fused-ring (bicyclic) bond motifs is 3. The van der Waals surface area contributed by atoms with Crippen LogP contribution in [0.2, 0.25) is 0 Å². The van der Waals surface area contributed by atoms with Gasteiger partial charge in [-0.25, -0.2) is 0 Å². The van der Waals surface area contributed by atoms with Crippen LogP contribution in [0.5, 0.6) is 0 Å². The summed E-state index contributed by atoms with van der Waals surface area (Å²) in [4.78, 5) is 0. The van der Waals surface area contributed by atoms with Crippen LogP contribution >= 0.6 is 0 Å². The van der Waals surface area contributed by atoms with E-state index >= 15 is 0 Å². The molecule has 0 saturated heterocycles. The zero-order chi connectivity index (χ0) is 19.4. The third-order valence-corrected chi connectivity index (χ3v) is 5.33. The van der Waals surface area contributed by atoms with E-state index in [1.54, 1.807) is 0 Å². The Morgan fingerprint density at radius 1 is 1.00 bits per heavy atom. The highest BCUT2D eigenvalue weighted by atomic mass is 14.6. The van der Waals surface area contributed by atoms with Crippen LogP contribution in [-0.2, 0) is 0 Å². The van der Waals surface area contributed by atoms with E-state index in [4.69, 9.17) is 5.73 Å². The van der Waals surface area contributed by atoms with Crippen molar-refractivity contribution in [3.8, 4) is 0 Å². The fourth-order valence-electron chi connectivity index (χ4n) is 3.67. The number of allylic oxidation sites excluding steroid dienone is 5. The Morgan fingerprint density at radius 2 is 1.63 bits per heavy atom. The maximum Gasteiger partial charge on any atom is 0.0312 e. The van der Waals surface area contributed by atoms with E-state index in [0.29, 0.717) is 0 Å². The van der Waals surface area contributed by atoms with Crippen LogP contribution in [0.15, 0.2) is 89.7 Å².